The van der Waals surface area contributed by atoms with Crippen LogP contribution in [0.4, 0.5) is 11.4 Å². The van der Waals surface area contributed by atoms with Crippen molar-refractivity contribution in [2.45, 2.75) is 19.3 Å². The molecule has 1 amide bonds. The molecule has 2 aromatic carbocycles. The summed E-state index contributed by atoms with van der Waals surface area (Å²) in [6.45, 7) is 5.67. The van der Waals surface area contributed by atoms with E-state index in [2.05, 4.69) is 40.1 Å². The lowest BCUT2D eigenvalue weighted by Crippen LogP contribution is -2.47. The first-order valence-electron chi connectivity index (χ1n) is 10.2. The van der Waals surface area contributed by atoms with Gasteiger partial charge in [0.05, 0.1) is 7.11 Å². The normalized spacial score (nSPS) is 17.3. The average Bonchev–Trinajstić information content (AvgIpc) is 2.77. The number of hydrogen-bond acceptors (Lipinski definition) is 4. The molecule has 0 unspecified atom stereocenters. The lowest BCUT2D eigenvalue weighted by Gasteiger charge is -2.36. The number of rotatable bonds is 5. The van der Waals surface area contributed by atoms with Crippen LogP contribution in [-0.2, 0) is 11.2 Å². The number of fused-ring (bicyclic) bond motifs is 1. The molecule has 28 heavy (non-hydrogen) atoms. The van der Waals surface area contributed by atoms with Crippen molar-refractivity contribution in [3.05, 3.63) is 54.1 Å². The number of carbonyl (C=O) groups excluding carboxylic acids is 1. The molecule has 4 rings (SSSR count). The predicted octanol–water partition coefficient (Wildman–Crippen LogP) is 3.19. The molecule has 5 heteroatoms. The van der Waals surface area contributed by atoms with E-state index in [4.69, 9.17) is 4.74 Å². The zero-order valence-electron chi connectivity index (χ0n) is 16.6. The van der Waals surface area contributed by atoms with Gasteiger partial charge in [-0.25, -0.2) is 0 Å². The highest BCUT2D eigenvalue weighted by atomic mass is 16.5. The quantitative estimate of drug-likeness (QED) is 0.799. The summed E-state index contributed by atoms with van der Waals surface area (Å²) in [7, 11) is 1.69. The third kappa shape index (κ3) is 4.14. The molecule has 1 saturated heterocycles. The number of anilines is 2. The Morgan fingerprint density at radius 3 is 2.46 bits per heavy atom. The molecule has 0 aromatic heterocycles. The van der Waals surface area contributed by atoms with Gasteiger partial charge in [0.25, 0.3) is 0 Å². The second-order valence-electron chi connectivity index (χ2n) is 7.55. The van der Waals surface area contributed by atoms with Crippen LogP contribution in [0.1, 0.15) is 18.4 Å². The topological polar surface area (TPSA) is 36.0 Å². The average molecular weight is 380 g/mol. The standard InChI is InChI=1S/C23H29N3O2/c1-28-21-10-8-20(9-11-21)25-17-15-24(16-18-25)14-12-23(27)26-13-4-6-19-5-2-3-7-22(19)26/h2-3,5,7-11H,4,6,12-18H2,1H3. The van der Waals surface area contributed by atoms with E-state index in [1.165, 1.54) is 11.3 Å². The Bertz CT molecular complexity index is 798. The molecular formula is C23H29N3O2. The number of para-hydroxylation sites is 1. The van der Waals surface area contributed by atoms with Crippen LogP contribution in [-0.4, -0.2) is 57.2 Å². The van der Waals surface area contributed by atoms with Gasteiger partial charge in [-0.1, -0.05) is 18.2 Å². The lowest BCUT2D eigenvalue weighted by atomic mass is 10.0. The minimum absolute atomic E-state index is 0.254. The molecule has 0 aliphatic carbocycles. The van der Waals surface area contributed by atoms with Gasteiger partial charge in [-0.15, -0.1) is 0 Å². The molecule has 0 N–H and O–H groups in total. The maximum atomic E-state index is 12.8. The molecule has 2 aromatic rings. The SMILES string of the molecule is COc1ccc(N2CCN(CCC(=O)N3CCCc4ccccc43)CC2)cc1. The molecule has 2 aliphatic rings. The van der Waals surface area contributed by atoms with E-state index in [9.17, 15) is 4.79 Å². The minimum atomic E-state index is 0.254. The van der Waals surface area contributed by atoms with E-state index in [1.807, 2.05) is 23.1 Å². The highest BCUT2D eigenvalue weighted by Crippen LogP contribution is 2.27. The molecule has 0 spiro atoms. The number of benzene rings is 2. The fourth-order valence-electron chi connectivity index (χ4n) is 4.20. The predicted molar refractivity (Wildman–Crippen MR) is 113 cm³/mol. The van der Waals surface area contributed by atoms with Crippen molar-refractivity contribution in [2.24, 2.45) is 0 Å². The molecule has 2 aliphatic heterocycles. The molecular weight excluding hydrogens is 350 g/mol. The van der Waals surface area contributed by atoms with Crippen molar-refractivity contribution < 1.29 is 9.53 Å². The number of aryl methyl sites for hydroxylation is 1. The van der Waals surface area contributed by atoms with Crippen LogP contribution in [0, 0.1) is 0 Å². The monoisotopic (exact) mass is 379 g/mol. The van der Waals surface area contributed by atoms with Crippen molar-refractivity contribution in [3.8, 4) is 5.75 Å². The van der Waals surface area contributed by atoms with Crippen LogP contribution in [0.15, 0.2) is 48.5 Å². The number of piperazine rings is 1. The van der Waals surface area contributed by atoms with Crippen molar-refractivity contribution in [1.82, 2.24) is 4.90 Å². The van der Waals surface area contributed by atoms with E-state index in [0.29, 0.717) is 6.42 Å². The first-order chi connectivity index (χ1) is 13.7. The van der Waals surface area contributed by atoms with Gasteiger partial charge in [0.2, 0.25) is 5.91 Å². The molecule has 5 nitrogen and oxygen atoms in total. The zero-order chi connectivity index (χ0) is 19.3. The van der Waals surface area contributed by atoms with Crippen molar-refractivity contribution in [3.63, 3.8) is 0 Å². The number of hydrogen-bond donors (Lipinski definition) is 0. The Hall–Kier alpha value is -2.53. The smallest absolute Gasteiger partial charge is 0.228 e. The van der Waals surface area contributed by atoms with Gasteiger partial charge in [-0.2, -0.15) is 0 Å². The van der Waals surface area contributed by atoms with E-state index < -0.39 is 0 Å². The van der Waals surface area contributed by atoms with Gasteiger partial charge >= 0.3 is 0 Å². The fourth-order valence-corrected chi connectivity index (χ4v) is 4.20. The highest BCUT2D eigenvalue weighted by Gasteiger charge is 2.23. The molecule has 0 atom stereocenters. The van der Waals surface area contributed by atoms with Crippen LogP contribution in [0.5, 0.6) is 5.75 Å². The molecule has 0 bridgehead atoms. The zero-order valence-corrected chi connectivity index (χ0v) is 16.6. The summed E-state index contributed by atoms with van der Waals surface area (Å²) in [4.78, 5) is 19.6. The Labute approximate surface area is 167 Å². The van der Waals surface area contributed by atoms with E-state index in [0.717, 1.165) is 63.5 Å². The molecule has 1 fully saturated rings. The number of methoxy groups -OCH3 is 1. The minimum Gasteiger partial charge on any atom is -0.497 e. The summed E-state index contributed by atoms with van der Waals surface area (Å²) in [6.07, 6.45) is 2.73. The van der Waals surface area contributed by atoms with Crippen LogP contribution < -0.4 is 14.5 Å². The van der Waals surface area contributed by atoms with Gasteiger partial charge < -0.3 is 14.5 Å². The third-order valence-electron chi connectivity index (χ3n) is 5.86. The summed E-state index contributed by atoms with van der Waals surface area (Å²) in [6, 6.07) is 16.6. The molecule has 0 saturated carbocycles. The highest BCUT2D eigenvalue weighted by molar-refractivity contribution is 5.94. The molecule has 2 heterocycles. The van der Waals surface area contributed by atoms with Crippen LogP contribution in [0.2, 0.25) is 0 Å². The van der Waals surface area contributed by atoms with Gasteiger partial charge in [-0.3, -0.25) is 9.69 Å². The second kappa shape index (κ2) is 8.65. The fraction of sp³-hybridized carbons (Fsp3) is 0.435. The first-order valence-corrected chi connectivity index (χ1v) is 10.2. The van der Waals surface area contributed by atoms with Gasteiger partial charge in [0.15, 0.2) is 0 Å². The number of amides is 1. The third-order valence-corrected chi connectivity index (χ3v) is 5.86. The second-order valence-corrected chi connectivity index (χ2v) is 7.55. The molecule has 0 radical (unpaired) electrons. The number of ether oxygens (including phenoxy) is 1. The summed E-state index contributed by atoms with van der Waals surface area (Å²) in [5, 5.41) is 0. The number of carbonyl (C=O) groups is 1. The molecule has 148 valence electrons. The van der Waals surface area contributed by atoms with Crippen molar-refractivity contribution in [1.29, 1.82) is 0 Å². The Morgan fingerprint density at radius 1 is 0.964 bits per heavy atom. The van der Waals surface area contributed by atoms with Gasteiger partial charge in [0.1, 0.15) is 5.75 Å². The lowest BCUT2D eigenvalue weighted by molar-refractivity contribution is -0.119. The Kier molecular flexibility index (Phi) is 5.81. The van der Waals surface area contributed by atoms with Gasteiger partial charge in [-0.05, 0) is 48.7 Å². The maximum Gasteiger partial charge on any atom is 0.228 e. The first kappa shape index (κ1) is 18.8. The van der Waals surface area contributed by atoms with E-state index in [1.54, 1.807) is 7.11 Å². The Morgan fingerprint density at radius 2 is 1.71 bits per heavy atom. The Balaban J connectivity index is 1.27. The van der Waals surface area contributed by atoms with Crippen molar-refractivity contribution in [2.75, 3.05) is 56.2 Å². The van der Waals surface area contributed by atoms with E-state index in [-0.39, 0.29) is 5.91 Å². The summed E-state index contributed by atoms with van der Waals surface area (Å²) in [5.74, 6) is 1.14. The maximum absolute atomic E-state index is 12.8. The van der Waals surface area contributed by atoms with Crippen LogP contribution >= 0.6 is 0 Å². The summed E-state index contributed by atoms with van der Waals surface area (Å²) in [5.41, 5.74) is 3.65. The largest absolute Gasteiger partial charge is 0.497 e. The summed E-state index contributed by atoms with van der Waals surface area (Å²) < 4.78 is 5.24. The number of nitrogens with zero attached hydrogens (tertiary/aromatic N) is 3. The van der Waals surface area contributed by atoms with Crippen LogP contribution in [0.25, 0.3) is 0 Å². The van der Waals surface area contributed by atoms with E-state index >= 15 is 0 Å². The van der Waals surface area contributed by atoms with Crippen molar-refractivity contribution >= 4 is 17.3 Å². The van der Waals surface area contributed by atoms with Crippen LogP contribution in [0.3, 0.4) is 0 Å². The summed E-state index contributed by atoms with van der Waals surface area (Å²) >= 11 is 0. The van der Waals surface area contributed by atoms with Gasteiger partial charge in [0, 0.05) is 57.1 Å².